The number of ether oxygens (including phenoxy) is 1. The summed E-state index contributed by atoms with van der Waals surface area (Å²) in [6.45, 7) is 0. The molecule has 2 rings (SSSR count). The maximum absolute atomic E-state index is 6.11. The minimum Gasteiger partial charge on any atom is -0.369 e. The molecule has 1 nitrogen and oxygen atoms in total. The van der Waals surface area contributed by atoms with Gasteiger partial charge in [0.25, 0.3) is 0 Å². The van der Waals surface area contributed by atoms with Crippen molar-refractivity contribution in [3.05, 3.63) is 22.7 Å². The molecule has 0 saturated heterocycles. The Kier molecular flexibility index (Phi) is 2.58. The van der Waals surface area contributed by atoms with Crippen LogP contribution in [0, 0.1) is 0 Å². The van der Waals surface area contributed by atoms with Crippen LogP contribution in [0.25, 0.3) is 0 Å². The summed E-state index contributed by atoms with van der Waals surface area (Å²) in [7, 11) is 0. The van der Waals surface area contributed by atoms with Gasteiger partial charge in [-0.05, 0) is 12.8 Å². The first kappa shape index (κ1) is 8.79. The van der Waals surface area contributed by atoms with E-state index in [2.05, 4.69) is 15.9 Å². The summed E-state index contributed by atoms with van der Waals surface area (Å²) in [6, 6.07) is 0. The van der Waals surface area contributed by atoms with Crippen LogP contribution in [-0.4, -0.2) is 17.6 Å². The molecule has 0 aromatic rings. The van der Waals surface area contributed by atoms with E-state index in [4.69, 9.17) is 16.3 Å². The fourth-order valence-electron chi connectivity index (χ4n) is 1.14. The third-order valence-corrected chi connectivity index (χ3v) is 3.49. The summed E-state index contributed by atoms with van der Waals surface area (Å²) in [5.74, 6) is 0. The van der Waals surface area contributed by atoms with Gasteiger partial charge in [0.15, 0.2) is 0 Å². The van der Waals surface area contributed by atoms with Crippen LogP contribution in [0.5, 0.6) is 0 Å². The molecule has 66 valence electrons. The Morgan fingerprint density at radius 1 is 1.50 bits per heavy atom. The molecule has 12 heavy (non-hydrogen) atoms. The van der Waals surface area contributed by atoms with E-state index in [0.717, 1.165) is 4.48 Å². The van der Waals surface area contributed by atoms with Gasteiger partial charge in [-0.15, -0.1) is 11.6 Å². The van der Waals surface area contributed by atoms with Crippen molar-refractivity contribution in [2.24, 2.45) is 0 Å². The van der Waals surface area contributed by atoms with Gasteiger partial charge in [0.2, 0.25) is 0 Å². The molecule has 2 atom stereocenters. The van der Waals surface area contributed by atoms with Crippen molar-refractivity contribution >= 4 is 27.5 Å². The van der Waals surface area contributed by atoms with Gasteiger partial charge in [0.05, 0.1) is 17.6 Å². The number of allylic oxidation sites excluding steroid dienone is 2. The highest BCUT2D eigenvalue weighted by Gasteiger charge is 2.30. The van der Waals surface area contributed by atoms with Crippen LogP contribution in [0.2, 0.25) is 0 Å². The molecular formula is C9H10BrClO. The minimum atomic E-state index is -0.0457. The molecule has 1 fully saturated rings. The third-order valence-electron chi connectivity index (χ3n) is 1.98. The molecule has 0 spiro atoms. The predicted octanol–water partition coefficient (Wildman–Crippen LogP) is 2.99. The molecule has 3 heteroatoms. The smallest absolute Gasteiger partial charge is 0.0972 e. The molecule has 2 aliphatic rings. The molecule has 0 N–H and O–H groups in total. The van der Waals surface area contributed by atoms with Crippen molar-refractivity contribution in [1.82, 2.24) is 0 Å². The van der Waals surface area contributed by atoms with Crippen LogP contribution in [-0.2, 0) is 4.74 Å². The average Bonchev–Trinajstić information content (AvgIpc) is 2.83. The Balaban J connectivity index is 1.97. The number of hydrogen-bond acceptors (Lipinski definition) is 1. The van der Waals surface area contributed by atoms with Crippen molar-refractivity contribution in [3.63, 3.8) is 0 Å². The molecule has 2 unspecified atom stereocenters. The first-order valence-corrected chi connectivity index (χ1v) is 5.34. The Bertz CT molecular complexity index is 233. The number of hydrogen-bond donors (Lipinski definition) is 0. The molecule has 1 saturated carbocycles. The lowest BCUT2D eigenvalue weighted by atomic mass is 10.1. The predicted molar refractivity (Wildman–Crippen MR) is 53.7 cm³/mol. The monoisotopic (exact) mass is 248 g/mol. The van der Waals surface area contributed by atoms with E-state index >= 15 is 0 Å². The first-order chi connectivity index (χ1) is 5.77. The SMILES string of the molecule is ClC1C(Br)=CC=CC1OC1CC1. The Labute approximate surface area is 85.6 Å². The van der Waals surface area contributed by atoms with Gasteiger partial charge in [-0.1, -0.05) is 34.2 Å². The van der Waals surface area contributed by atoms with Gasteiger partial charge in [0, 0.05) is 4.48 Å². The van der Waals surface area contributed by atoms with Gasteiger partial charge in [-0.3, -0.25) is 0 Å². The highest BCUT2D eigenvalue weighted by molar-refractivity contribution is 9.11. The second-order valence-corrected chi connectivity index (χ2v) is 4.52. The summed E-state index contributed by atoms with van der Waals surface area (Å²) in [5, 5.41) is -0.0457. The highest BCUT2D eigenvalue weighted by Crippen LogP contribution is 2.32. The topological polar surface area (TPSA) is 9.23 Å². The summed E-state index contributed by atoms with van der Waals surface area (Å²) < 4.78 is 6.71. The zero-order valence-corrected chi connectivity index (χ0v) is 8.88. The molecule has 0 aromatic heterocycles. The van der Waals surface area contributed by atoms with E-state index < -0.39 is 0 Å². The van der Waals surface area contributed by atoms with Gasteiger partial charge in [-0.25, -0.2) is 0 Å². The number of alkyl halides is 1. The highest BCUT2D eigenvalue weighted by atomic mass is 79.9. The fraction of sp³-hybridized carbons (Fsp3) is 0.556. The molecule has 0 heterocycles. The fourth-order valence-corrected chi connectivity index (χ4v) is 1.77. The lowest BCUT2D eigenvalue weighted by Crippen LogP contribution is -2.25. The maximum atomic E-state index is 6.11. The van der Waals surface area contributed by atoms with Gasteiger partial charge in [0.1, 0.15) is 0 Å². The molecule has 0 radical (unpaired) electrons. The number of halogens is 2. The molecule has 0 amide bonds. The van der Waals surface area contributed by atoms with E-state index in [0.29, 0.717) is 6.10 Å². The first-order valence-electron chi connectivity index (χ1n) is 4.11. The molecule has 0 bridgehead atoms. The molecule has 2 aliphatic carbocycles. The maximum Gasteiger partial charge on any atom is 0.0972 e. The Morgan fingerprint density at radius 3 is 2.92 bits per heavy atom. The lowest BCUT2D eigenvalue weighted by molar-refractivity contribution is 0.0741. The lowest BCUT2D eigenvalue weighted by Gasteiger charge is -2.21. The van der Waals surface area contributed by atoms with Crippen LogP contribution in [0.1, 0.15) is 12.8 Å². The summed E-state index contributed by atoms with van der Waals surface area (Å²) in [4.78, 5) is 0. The van der Waals surface area contributed by atoms with Crippen LogP contribution >= 0.6 is 27.5 Å². The molecule has 0 aliphatic heterocycles. The summed E-state index contributed by atoms with van der Waals surface area (Å²) in [6.07, 6.45) is 8.85. The van der Waals surface area contributed by atoms with E-state index in [9.17, 15) is 0 Å². The third kappa shape index (κ3) is 1.93. The Hall–Kier alpha value is 0.210. The zero-order valence-electron chi connectivity index (χ0n) is 6.54. The van der Waals surface area contributed by atoms with Crippen molar-refractivity contribution < 1.29 is 4.74 Å². The minimum absolute atomic E-state index is 0.0457. The van der Waals surface area contributed by atoms with E-state index in [1.807, 2.05) is 18.2 Å². The van der Waals surface area contributed by atoms with Crippen molar-refractivity contribution in [2.45, 2.75) is 30.4 Å². The second kappa shape index (κ2) is 3.52. The van der Waals surface area contributed by atoms with Gasteiger partial charge < -0.3 is 4.74 Å². The van der Waals surface area contributed by atoms with E-state index in [-0.39, 0.29) is 11.5 Å². The number of rotatable bonds is 2. The van der Waals surface area contributed by atoms with Crippen LogP contribution in [0.4, 0.5) is 0 Å². The van der Waals surface area contributed by atoms with Gasteiger partial charge in [-0.2, -0.15) is 0 Å². The summed E-state index contributed by atoms with van der Waals surface area (Å²) in [5.41, 5.74) is 0. The standard InChI is InChI=1S/C9H10BrClO/c10-7-2-1-3-8(9(7)11)12-6-4-5-6/h1-3,6,8-9H,4-5H2. The quantitative estimate of drug-likeness (QED) is 0.684. The molecule has 0 aromatic carbocycles. The average molecular weight is 250 g/mol. The molecular weight excluding hydrogens is 239 g/mol. The summed E-state index contributed by atoms with van der Waals surface area (Å²) >= 11 is 9.52. The van der Waals surface area contributed by atoms with Crippen LogP contribution in [0.3, 0.4) is 0 Å². The van der Waals surface area contributed by atoms with E-state index in [1.165, 1.54) is 12.8 Å². The normalized spacial score (nSPS) is 35.0. The Morgan fingerprint density at radius 2 is 2.25 bits per heavy atom. The second-order valence-electron chi connectivity index (χ2n) is 3.14. The van der Waals surface area contributed by atoms with Gasteiger partial charge >= 0.3 is 0 Å². The van der Waals surface area contributed by atoms with Crippen molar-refractivity contribution in [3.8, 4) is 0 Å². The van der Waals surface area contributed by atoms with Crippen molar-refractivity contribution in [1.29, 1.82) is 0 Å². The van der Waals surface area contributed by atoms with Crippen LogP contribution in [0.15, 0.2) is 22.7 Å². The largest absolute Gasteiger partial charge is 0.369 e. The van der Waals surface area contributed by atoms with E-state index in [1.54, 1.807) is 0 Å². The van der Waals surface area contributed by atoms with Crippen molar-refractivity contribution in [2.75, 3.05) is 0 Å². The zero-order chi connectivity index (χ0) is 8.55. The van der Waals surface area contributed by atoms with Crippen LogP contribution < -0.4 is 0 Å².